The van der Waals surface area contributed by atoms with Gasteiger partial charge in [-0.1, -0.05) is 49.9 Å². The summed E-state index contributed by atoms with van der Waals surface area (Å²) >= 11 is 1.35. The van der Waals surface area contributed by atoms with E-state index in [1.54, 1.807) is 12.1 Å². The molecule has 5 nitrogen and oxygen atoms in total. The maximum atomic E-state index is 13.1. The van der Waals surface area contributed by atoms with E-state index >= 15 is 0 Å². The van der Waals surface area contributed by atoms with E-state index in [1.165, 1.54) is 29.5 Å². The SMILES string of the molecule is CC(C)c1ccc(N2C(=NC(=O)Cc3ccc(F)cc3)S[C@@H]3CS(=O)(=O)C[C@H]32)cc1. The van der Waals surface area contributed by atoms with Crippen molar-refractivity contribution in [3.8, 4) is 0 Å². The molecule has 0 N–H and O–H groups in total. The van der Waals surface area contributed by atoms with Crippen LogP contribution in [0.15, 0.2) is 53.5 Å². The second-order valence-corrected chi connectivity index (χ2v) is 11.4. The van der Waals surface area contributed by atoms with Gasteiger partial charge in [0.15, 0.2) is 15.0 Å². The van der Waals surface area contributed by atoms with E-state index in [-0.39, 0.29) is 40.9 Å². The molecule has 2 aliphatic rings. The first-order valence-corrected chi connectivity index (χ1v) is 12.5. The number of anilines is 1. The molecule has 1 amide bonds. The fourth-order valence-corrected chi connectivity index (χ4v) is 7.74. The van der Waals surface area contributed by atoms with Crippen LogP contribution in [-0.2, 0) is 21.1 Å². The molecule has 2 aliphatic heterocycles. The lowest BCUT2D eigenvalue weighted by atomic mass is 10.0. The highest BCUT2D eigenvalue weighted by Crippen LogP contribution is 2.41. The summed E-state index contributed by atoms with van der Waals surface area (Å²) in [6, 6.07) is 13.5. The van der Waals surface area contributed by atoms with Crippen LogP contribution in [0.1, 0.15) is 30.9 Å². The number of carbonyl (C=O) groups excluding carboxylic acids is 1. The minimum atomic E-state index is -3.11. The van der Waals surface area contributed by atoms with E-state index < -0.39 is 9.84 Å². The number of nitrogens with zero attached hydrogens (tertiary/aromatic N) is 2. The predicted octanol–water partition coefficient (Wildman–Crippen LogP) is 3.79. The van der Waals surface area contributed by atoms with Crippen LogP contribution in [-0.4, -0.2) is 42.3 Å². The molecule has 2 saturated heterocycles. The average molecular weight is 447 g/mol. The number of fused-ring (bicyclic) bond motifs is 1. The number of hydrogen-bond donors (Lipinski definition) is 0. The molecule has 2 aromatic carbocycles. The normalized spacial score (nSPS) is 23.9. The summed E-state index contributed by atoms with van der Waals surface area (Å²) in [7, 11) is -3.11. The Bertz CT molecular complexity index is 1080. The number of amides is 1. The number of aliphatic imine (C=N–C) groups is 1. The summed E-state index contributed by atoms with van der Waals surface area (Å²) in [5.74, 6) is -0.155. The van der Waals surface area contributed by atoms with Crippen molar-refractivity contribution in [1.29, 1.82) is 0 Å². The van der Waals surface area contributed by atoms with Crippen molar-refractivity contribution >= 4 is 38.4 Å². The Morgan fingerprint density at radius 1 is 1.13 bits per heavy atom. The number of hydrogen-bond acceptors (Lipinski definition) is 4. The third kappa shape index (κ3) is 4.44. The number of carbonyl (C=O) groups is 1. The number of amidine groups is 1. The van der Waals surface area contributed by atoms with Crippen molar-refractivity contribution in [3.63, 3.8) is 0 Å². The minimum Gasteiger partial charge on any atom is -0.316 e. The zero-order valence-corrected chi connectivity index (χ0v) is 18.4. The molecule has 0 radical (unpaired) electrons. The number of halogens is 1. The Kier molecular flexibility index (Phi) is 5.72. The molecular weight excluding hydrogens is 423 g/mol. The molecule has 4 rings (SSSR count). The van der Waals surface area contributed by atoms with E-state index in [4.69, 9.17) is 0 Å². The summed E-state index contributed by atoms with van der Waals surface area (Å²) in [5.41, 5.74) is 2.71. The van der Waals surface area contributed by atoms with Crippen molar-refractivity contribution in [3.05, 3.63) is 65.5 Å². The molecule has 0 saturated carbocycles. The molecule has 0 bridgehead atoms. The van der Waals surface area contributed by atoms with Gasteiger partial charge in [-0.3, -0.25) is 4.79 Å². The maximum absolute atomic E-state index is 13.1. The minimum absolute atomic E-state index is 0.0573. The van der Waals surface area contributed by atoms with Crippen molar-refractivity contribution in [2.24, 2.45) is 4.99 Å². The standard InChI is InChI=1S/C22H23FN2O3S2/c1-14(2)16-5-9-18(10-6-16)25-19-12-30(27,28)13-20(19)29-22(25)24-21(26)11-15-3-7-17(23)8-4-15/h3-10,14,19-20H,11-13H2,1-2H3/t19-,20-/m1/s1. The molecule has 0 aliphatic carbocycles. The Labute approximate surface area is 180 Å². The Morgan fingerprint density at radius 3 is 2.43 bits per heavy atom. The predicted molar refractivity (Wildman–Crippen MR) is 119 cm³/mol. The summed E-state index contributed by atoms with van der Waals surface area (Å²) < 4.78 is 37.5. The number of thioether (sulfide) groups is 1. The van der Waals surface area contributed by atoms with Gasteiger partial charge in [-0.2, -0.15) is 4.99 Å². The van der Waals surface area contributed by atoms with Crippen LogP contribution in [0, 0.1) is 5.82 Å². The Balaban J connectivity index is 1.62. The van der Waals surface area contributed by atoms with E-state index in [0.717, 1.165) is 5.69 Å². The summed E-state index contributed by atoms with van der Waals surface area (Å²) in [4.78, 5) is 18.8. The van der Waals surface area contributed by atoms with Gasteiger partial charge in [-0.25, -0.2) is 12.8 Å². The van der Waals surface area contributed by atoms with Gasteiger partial charge in [0.25, 0.3) is 5.91 Å². The highest BCUT2D eigenvalue weighted by atomic mass is 32.2. The van der Waals surface area contributed by atoms with E-state index in [1.807, 2.05) is 29.2 Å². The van der Waals surface area contributed by atoms with Crippen LogP contribution < -0.4 is 4.90 Å². The monoisotopic (exact) mass is 446 g/mol. The Hall–Kier alpha value is -2.19. The van der Waals surface area contributed by atoms with E-state index in [9.17, 15) is 17.6 Å². The molecule has 30 heavy (non-hydrogen) atoms. The summed E-state index contributed by atoms with van der Waals surface area (Å²) in [6.45, 7) is 4.22. The third-order valence-electron chi connectivity index (χ3n) is 5.39. The Morgan fingerprint density at radius 2 is 1.80 bits per heavy atom. The lowest BCUT2D eigenvalue weighted by molar-refractivity contribution is -0.117. The quantitative estimate of drug-likeness (QED) is 0.715. The van der Waals surface area contributed by atoms with Crippen LogP contribution in [0.3, 0.4) is 0 Å². The first kappa shape index (κ1) is 21.1. The molecule has 2 atom stereocenters. The average Bonchev–Trinajstić information content (AvgIpc) is 3.14. The van der Waals surface area contributed by atoms with Crippen LogP contribution >= 0.6 is 11.8 Å². The van der Waals surface area contributed by atoms with Gasteiger partial charge in [0.2, 0.25) is 0 Å². The molecule has 2 aromatic rings. The molecule has 158 valence electrons. The van der Waals surface area contributed by atoms with Gasteiger partial charge in [0.1, 0.15) is 5.82 Å². The first-order valence-electron chi connectivity index (χ1n) is 9.84. The van der Waals surface area contributed by atoms with Gasteiger partial charge >= 0.3 is 0 Å². The second kappa shape index (κ2) is 8.15. The molecular formula is C22H23FN2O3S2. The first-order chi connectivity index (χ1) is 14.2. The van der Waals surface area contributed by atoms with Crippen LogP contribution in [0.5, 0.6) is 0 Å². The molecule has 0 aromatic heterocycles. The molecule has 0 spiro atoms. The molecule has 8 heteroatoms. The molecule has 2 fully saturated rings. The fourth-order valence-electron chi connectivity index (χ4n) is 3.81. The smallest absolute Gasteiger partial charge is 0.252 e. The fraction of sp³-hybridized carbons (Fsp3) is 0.364. The van der Waals surface area contributed by atoms with Crippen LogP contribution in [0.2, 0.25) is 0 Å². The largest absolute Gasteiger partial charge is 0.316 e. The molecule has 2 heterocycles. The van der Waals surface area contributed by atoms with Gasteiger partial charge in [-0.15, -0.1) is 0 Å². The van der Waals surface area contributed by atoms with Crippen LogP contribution in [0.4, 0.5) is 10.1 Å². The highest BCUT2D eigenvalue weighted by molar-refractivity contribution is 8.16. The van der Waals surface area contributed by atoms with Crippen molar-refractivity contribution in [2.75, 3.05) is 16.4 Å². The van der Waals surface area contributed by atoms with Gasteiger partial charge in [0.05, 0.1) is 24.0 Å². The number of rotatable bonds is 4. The topological polar surface area (TPSA) is 66.8 Å². The molecule has 0 unspecified atom stereocenters. The van der Waals surface area contributed by atoms with Gasteiger partial charge < -0.3 is 4.90 Å². The van der Waals surface area contributed by atoms with E-state index in [0.29, 0.717) is 16.6 Å². The number of sulfone groups is 1. The van der Waals surface area contributed by atoms with Gasteiger partial charge in [-0.05, 0) is 41.3 Å². The van der Waals surface area contributed by atoms with Crippen LogP contribution in [0.25, 0.3) is 0 Å². The lowest BCUT2D eigenvalue weighted by Crippen LogP contribution is -2.37. The van der Waals surface area contributed by atoms with Gasteiger partial charge in [0, 0.05) is 10.9 Å². The van der Waals surface area contributed by atoms with Crippen molar-refractivity contribution in [2.45, 2.75) is 37.5 Å². The zero-order chi connectivity index (χ0) is 21.5. The highest BCUT2D eigenvalue weighted by Gasteiger charge is 2.49. The zero-order valence-electron chi connectivity index (χ0n) is 16.8. The van der Waals surface area contributed by atoms with Crippen molar-refractivity contribution in [1.82, 2.24) is 0 Å². The third-order valence-corrected chi connectivity index (χ3v) is 8.60. The van der Waals surface area contributed by atoms with E-state index in [2.05, 4.69) is 18.8 Å². The summed E-state index contributed by atoms with van der Waals surface area (Å²) in [6.07, 6.45) is 0.0676. The number of benzene rings is 2. The van der Waals surface area contributed by atoms with Crippen molar-refractivity contribution < 1.29 is 17.6 Å². The maximum Gasteiger partial charge on any atom is 0.252 e. The second-order valence-electron chi connectivity index (χ2n) is 8.01. The summed E-state index contributed by atoms with van der Waals surface area (Å²) in [5, 5.41) is 0.390. The lowest BCUT2D eigenvalue weighted by Gasteiger charge is -2.25.